The van der Waals surface area contributed by atoms with Crippen LogP contribution in [0, 0.1) is 0 Å². The first-order valence-corrected chi connectivity index (χ1v) is 12.8. The first-order valence-electron chi connectivity index (χ1n) is 7.27. The van der Waals surface area contributed by atoms with Crippen LogP contribution >= 0.6 is 0 Å². The Balaban J connectivity index is 3.31. The van der Waals surface area contributed by atoms with E-state index in [9.17, 15) is 8.42 Å². The highest BCUT2D eigenvalue weighted by Crippen LogP contribution is 2.33. The Morgan fingerprint density at radius 1 is 1.23 bits per heavy atom. The number of nitrogens with two attached hydrogens (primary N) is 1. The van der Waals surface area contributed by atoms with Crippen LogP contribution in [0.2, 0.25) is 19.6 Å². The molecule has 0 aliphatic heterocycles. The fraction of sp³-hybridized carbons (Fsp3) is 0.600. The Bertz CT molecular complexity index is 610. The van der Waals surface area contributed by atoms with Crippen molar-refractivity contribution in [2.75, 3.05) is 20.0 Å². The van der Waals surface area contributed by atoms with Crippen molar-refractivity contribution >= 4 is 17.9 Å². The summed E-state index contributed by atoms with van der Waals surface area (Å²) in [4.78, 5) is -0.553. The van der Waals surface area contributed by atoms with Gasteiger partial charge in [0.25, 0.3) is 0 Å². The van der Waals surface area contributed by atoms with Gasteiger partial charge < -0.3 is 15.2 Å². The van der Waals surface area contributed by atoms with Crippen molar-refractivity contribution in [2.24, 2.45) is 5.73 Å². The van der Waals surface area contributed by atoms with Gasteiger partial charge in [-0.3, -0.25) is 0 Å². The van der Waals surface area contributed by atoms with Crippen LogP contribution in [-0.2, 0) is 9.84 Å². The van der Waals surface area contributed by atoms with E-state index in [-0.39, 0.29) is 0 Å². The van der Waals surface area contributed by atoms with Gasteiger partial charge in [0, 0.05) is 12.3 Å². The largest absolute Gasteiger partial charge is 0.493 e. The Morgan fingerprint density at radius 2 is 1.82 bits per heavy atom. The zero-order chi connectivity index (χ0) is 17.1. The monoisotopic (exact) mass is 345 g/mol. The molecule has 1 aromatic carbocycles. The van der Waals surface area contributed by atoms with Crippen LogP contribution in [0.4, 0.5) is 0 Å². The highest BCUT2D eigenvalue weighted by Gasteiger charge is 2.40. The van der Waals surface area contributed by atoms with Crippen LogP contribution < -0.4 is 15.2 Å². The van der Waals surface area contributed by atoms with Crippen LogP contribution in [0.15, 0.2) is 18.2 Å². The van der Waals surface area contributed by atoms with Gasteiger partial charge in [-0.25, -0.2) is 8.42 Å². The molecule has 5 nitrogen and oxygen atoms in total. The van der Waals surface area contributed by atoms with Gasteiger partial charge in [0.15, 0.2) is 11.5 Å². The number of benzene rings is 1. The molecule has 7 heteroatoms. The van der Waals surface area contributed by atoms with Crippen molar-refractivity contribution in [3.05, 3.63) is 23.8 Å². The van der Waals surface area contributed by atoms with E-state index in [1.165, 1.54) is 6.26 Å². The summed E-state index contributed by atoms with van der Waals surface area (Å²) in [6, 6.07) is 4.78. The fourth-order valence-corrected chi connectivity index (χ4v) is 9.89. The molecule has 0 aliphatic carbocycles. The maximum atomic E-state index is 12.2. The summed E-state index contributed by atoms with van der Waals surface area (Å²) >= 11 is 0. The van der Waals surface area contributed by atoms with Crippen LogP contribution in [-0.4, -0.2) is 41.3 Å². The molecular weight excluding hydrogens is 318 g/mol. The van der Waals surface area contributed by atoms with E-state index in [4.69, 9.17) is 15.2 Å². The molecule has 0 heterocycles. The van der Waals surface area contributed by atoms with E-state index >= 15 is 0 Å². The smallest absolute Gasteiger partial charge is 0.161 e. The van der Waals surface area contributed by atoms with Crippen LogP contribution in [0.3, 0.4) is 0 Å². The van der Waals surface area contributed by atoms with Gasteiger partial charge in [-0.1, -0.05) is 25.7 Å². The Kier molecular flexibility index (Phi) is 6.06. The third-order valence-corrected chi connectivity index (χ3v) is 10.2. The van der Waals surface area contributed by atoms with Crippen molar-refractivity contribution in [1.82, 2.24) is 0 Å². The normalized spacial score (nSPS) is 15.2. The molecule has 2 N–H and O–H groups in total. The summed E-state index contributed by atoms with van der Waals surface area (Å²) in [6.45, 7) is 8.44. The van der Waals surface area contributed by atoms with Gasteiger partial charge in [-0.05, 0) is 24.6 Å². The lowest BCUT2D eigenvalue weighted by molar-refractivity contribution is 0.310. The Morgan fingerprint density at radius 3 is 2.23 bits per heavy atom. The number of rotatable bonds is 7. The average Bonchev–Trinajstić information content (AvgIpc) is 2.35. The highest BCUT2D eigenvalue weighted by atomic mass is 32.2. The third kappa shape index (κ3) is 4.47. The van der Waals surface area contributed by atoms with E-state index in [1.54, 1.807) is 19.2 Å². The molecule has 0 spiro atoms. The second kappa shape index (κ2) is 7.02. The van der Waals surface area contributed by atoms with E-state index in [0.29, 0.717) is 18.1 Å². The maximum Gasteiger partial charge on any atom is 0.161 e. The van der Waals surface area contributed by atoms with Gasteiger partial charge in [0.05, 0.1) is 26.7 Å². The molecule has 2 atom stereocenters. The first-order chi connectivity index (χ1) is 10.0. The van der Waals surface area contributed by atoms with Crippen molar-refractivity contribution in [3.8, 4) is 11.5 Å². The number of sulfone groups is 1. The molecule has 0 aromatic heterocycles. The van der Waals surface area contributed by atoms with Crippen molar-refractivity contribution in [2.45, 2.75) is 37.5 Å². The van der Waals surface area contributed by atoms with E-state index in [1.807, 2.05) is 32.6 Å². The number of methoxy groups -OCH3 is 1. The molecule has 0 saturated heterocycles. The van der Waals surface area contributed by atoms with Crippen molar-refractivity contribution < 1.29 is 17.9 Å². The molecular formula is C15H27NO4SSi. The van der Waals surface area contributed by atoms with Gasteiger partial charge in [0.2, 0.25) is 0 Å². The maximum absolute atomic E-state index is 12.2. The lowest BCUT2D eigenvalue weighted by atomic mass is 10.1. The second-order valence-electron chi connectivity index (χ2n) is 6.49. The summed E-state index contributed by atoms with van der Waals surface area (Å²) in [6.07, 6.45) is 1.27. The molecule has 0 radical (unpaired) electrons. The minimum atomic E-state index is -3.25. The Hall–Kier alpha value is -1.05. The summed E-state index contributed by atoms with van der Waals surface area (Å²) in [5.41, 5.74) is 7.08. The van der Waals surface area contributed by atoms with Gasteiger partial charge in [-0.15, -0.1) is 0 Å². The number of ether oxygens (including phenoxy) is 2. The summed E-state index contributed by atoms with van der Waals surface area (Å²) in [5.74, 6) is 1.20. The fourth-order valence-electron chi connectivity index (χ4n) is 2.79. The molecule has 0 aliphatic rings. The lowest BCUT2D eigenvalue weighted by Gasteiger charge is -2.32. The lowest BCUT2D eigenvalue weighted by Crippen LogP contribution is -2.50. The summed E-state index contributed by atoms with van der Waals surface area (Å²) in [5, 5.41) is 0. The summed E-state index contributed by atoms with van der Waals surface area (Å²) < 4.78 is 35.3. The second-order valence-corrected chi connectivity index (χ2v) is 14.4. The molecule has 1 rings (SSSR count). The Labute approximate surface area is 134 Å². The molecule has 0 saturated carbocycles. The zero-order valence-electron chi connectivity index (χ0n) is 14.2. The molecule has 126 valence electrons. The van der Waals surface area contributed by atoms with E-state index in [2.05, 4.69) is 0 Å². The van der Waals surface area contributed by atoms with Crippen LogP contribution in [0.1, 0.15) is 18.5 Å². The van der Waals surface area contributed by atoms with Crippen molar-refractivity contribution in [1.29, 1.82) is 0 Å². The van der Waals surface area contributed by atoms with Gasteiger partial charge in [0.1, 0.15) is 9.84 Å². The predicted octanol–water partition coefficient (Wildman–Crippen LogP) is 2.38. The third-order valence-electron chi connectivity index (χ3n) is 3.51. The van der Waals surface area contributed by atoms with Gasteiger partial charge in [-0.2, -0.15) is 0 Å². The zero-order valence-corrected chi connectivity index (χ0v) is 16.0. The van der Waals surface area contributed by atoms with Crippen LogP contribution in [0.5, 0.6) is 11.5 Å². The molecule has 0 fully saturated rings. The molecule has 0 bridgehead atoms. The summed E-state index contributed by atoms with van der Waals surface area (Å²) in [7, 11) is -3.69. The molecule has 0 amide bonds. The quantitative estimate of drug-likeness (QED) is 0.768. The first kappa shape index (κ1) is 19.0. The number of hydrogen-bond donors (Lipinski definition) is 1. The SMILES string of the molecule is CCOc1cc([C@H](N)[C@H]([Si](C)(C)C)S(C)(=O)=O)ccc1OC. The van der Waals surface area contributed by atoms with E-state index in [0.717, 1.165) is 5.56 Å². The number of hydrogen-bond acceptors (Lipinski definition) is 5. The molecule has 0 unspecified atom stereocenters. The average molecular weight is 346 g/mol. The molecule has 1 aromatic rings. The minimum absolute atomic E-state index is 0.499. The van der Waals surface area contributed by atoms with Crippen LogP contribution in [0.25, 0.3) is 0 Å². The highest BCUT2D eigenvalue weighted by molar-refractivity contribution is 7.93. The topological polar surface area (TPSA) is 78.6 Å². The van der Waals surface area contributed by atoms with E-state index < -0.39 is 28.8 Å². The molecule has 22 heavy (non-hydrogen) atoms. The van der Waals surface area contributed by atoms with Crippen molar-refractivity contribution in [3.63, 3.8) is 0 Å². The van der Waals surface area contributed by atoms with Gasteiger partial charge >= 0.3 is 0 Å². The minimum Gasteiger partial charge on any atom is -0.493 e. The standard InChI is InChI=1S/C15H27NO4SSi/c1-7-20-13-10-11(8-9-12(13)19-2)14(16)15(21(3,17)18)22(4,5)6/h8-10,14-15H,7,16H2,1-6H3/t14-,15-/m0/s1. The predicted molar refractivity (Wildman–Crippen MR) is 93.1 cm³/mol.